The largest absolute Gasteiger partial charge is 0.490 e. The predicted octanol–water partition coefficient (Wildman–Crippen LogP) is 7.17. The molecule has 0 aliphatic carbocycles. The molecule has 2 aromatic heterocycles. The van der Waals surface area contributed by atoms with Crippen LogP contribution >= 0.6 is 0 Å². The van der Waals surface area contributed by atoms with Gasteiger partial charge in [0.2, 0.25) is 0 Å². The molecule has 2 heterocycles. The van der Waals surface area contributed by atoms with Crippen molar-refractivity contribution >= 4 is 51.0 Å². The number of benzene rings is 4. The number of rotatable bonds is 7. The Kier molecular flexibility index (Phi) is 9.05. The van der Waals surface area contributed by atoms with E-state index in [2.05, 4.69) is 32.7 Å². The Labute approximate surface area is 254 Å². The van der Waals surface area contributed by atoms with Gasteiger partial charge in [-0.15, -0.1) is 0 Å². The minimum Gasteiger partial charge on any atom is -0.475 e. The number of halogens is 3. The number of nitrogens with one attached hydrogen (secondary N) is 2. The summed E-state index contributed by atoms with van der Waals surface area (Å²) in [4.78, 5) is 30.4. The smallest absolute Gasteiger partial charge is 0.475 e. The summed E-state index contributed by atoms with van der Waals surface area (Å²) in [5.41, 5.74) is 12.1. The van der Waals surface area contributed by atoms with Crippen LogP contribution in [-0.2, 0) is 11.2 Å². The molecule has 0 spiro atoms. The fourth-order valence-electron chi connectivity index (χ4n) is 4.50. The molecule has 6 aromatic rings. The summed E-state index contributed by atoms with van der Waals surface area (Å²) in [5, 5.41) is 15.5. The number of amides is 1. The zero-order valence-corrected chi connectivity index (χ0v) is 23.5. The lowest BCUT2D eigenvalue weighted by molar-refractivity contribution is -0.192. The Morgan fingerprint density at radius 2 is 1.51 bits per heavy atom. The molecule has 228 valence electrons. The number of alkyl halides is 3. The topological polar surface area (TPSA) is 143 Å². The second-order valence-corrected chi connectivity index (χ2v) is 9.76. The van der Waals surface area contributed by atoms with E-state index in [1.54, 1.807) is 0 Å². The molecule has 0 saturated heterocycles. The monoisotopic (exact) mass is 613 g/mol. The molecule has 5 N–H and O–H groups in total. The van der Waals surface area contributed by atoms with Gasteiger partial charge in [-0.2, -0.15) is 13.2 Å². The van der Waals surface area contributed by atoms with Gasteiger partial charge in [-0.3, -0.25) is 4.79 Å². The van der Waals surface area contributed by atoms with Crippen LogP contribution in [0, 0.1) is 0 Å². The van der Waals surface area contributed by atoms with Crippen molar-refractivity contribution in [3.63, 3.8) is 0 Å². The molecule has 0 unspecified atom stereocenters. The van der Waals surface area contributed by atoms with E-state index in [4.69, 9.17) is 20.1 Å². The molecule has 6 rings (SSSR count). The summed E-state index contributed by atoms with van der Waals surface area (Å²) in [6.45, 7) is 0.583. The quantitative estimate of drug-likeness (QED) is 0.148. The summed E-state index contributed by atoms with van der Waals surface area (Å²) >= 11 is 0. The Bertz CT molecular complexity index is 1960. The lowest BCUT2D eigenvalue weighted by atomic mass is 10.1. The molecule has 0 fully saturated rings. The highest BCUT2D eigenvalue weighted by atomic mass is 19.4. The maximum atomic E-state index is 12.6. The van der Waals surface area contributed by atoms with Crippen molar-refractivity contribution in [2.24, 2.45) is 5.73 Å². The number of anilines is 3. The SMILES string of the molecule is NCCc1ccc(C(=O)Nc2ccc(Nc3cc(-c4cccc5c4oc4ccccc45)ncn3)cc2)cc1.O=C(O)C(F)(F)F. The van der Waals surface area contributed by atoms with E-state index >= 15 is 0 Å². The standard InChI is InChI=1S/C31H25N5O2.C2HF3O2/c32-17-16-20-8-10-21(11-9-20)31(37)36-23-14-12-22(13-15-23)35-29-18-27(33-19-34-29)26-6-3-5-25-24-4-1-2-7-28(24)38-30(25)26;3-2(4,5)1(6)7/h1-15,18-19H,16-17,32H2,(H,36,37)(H,33,34,35);(H,6,7). The number of aliphatic carboxylic acids is 1. The maximum Gasteiger partial charge on any atom is 0.490 e. The molecule has 0 saturated carbocycles. The summed E-state index contributed by atoms with van der Waals surface area (Å²) < 4.78 is 37.9. The van der Waals surface area contributed by atoms with Crippen molar-refractivity contribution in [1.82, 2.24) is 9.97 Å². The van der Waals surface area contributed by atoms with Crippen molar-refractivity contribution in [1.29, 1.82) is 0 Å². The van der Waals surface area contributed by atoms with Crippen molar-refractivity contribution in [3.05, 3.63) is 115 Å². The number of carboxylic acids is 1. The molecule has 12 heteroatoms. The summed E-state index contributed by atoms with van der Waals surface area (Å²) in [6, 6.07) is 30.9. The van der Waals surface area contributed by atoms with Crippen LogP contribution in [0.5, 0.6) is 0 Å². The second-order valence-electron chi connectivity index (χ2n) is 9.76. The van der Waals surface area contributed by atoms with E-state index in [1.165, 1.54) is 6.33 Å². The Balaban J connectivity index is 0.000000515. The van der Waals surface area contributed by atoms with Crippen LogP contribution in [0.4, 0.5) is 30.4 Å². The van der Waals surface area contributed by atoms with E-state index in [9.17, 15) is 18.0 Å². The van der Waals surface area contributed by atoms with Crippen molar-refractivity contribution in [3.8, 4) is 11.3 Å². The summed E-state index contributed by atoms with van der Waals surface area (Å²) in [7, 11) is 0. The highest BCUT2D eigenvalue weighted by Crippen LogP contribution is 2.35. The summed E-state index contributed by atoms with van der Waals surface area (Å²) in [6.07, 6.45) is -2.76. The molecular formula is C33H26F3N5O4. The number of carbonyl (C=O) groups excluding carboxylic acids is 1. The van der Waals surface area contributed by atoms with Crippen LogP contribution in [0.1, 0.15) is 15.9 Å². The number of aromatic nitrogens is 2. The van der Waals surface area contributed by atoms with Crippen molar-refractivity contribution in [2.75, 3.05) is 17.2 Å². The lowest BCUT2D eigenvalue weighted by Crippen LogP contribution is -2.21. The maximum absolute atomic E-state index is 12.6. The zero-order chi connectivity index (χ0) is 32.0. The first-order valence-corrected chi connectivity index (χ1v) is 13.6. The first-order valence-electron chi connectivity index (χ1n) is 13.6. The Morgan fingerprint density at radius 3 is 2.20 bits per heavy atom. The van der Waals surface area contributed by atoms with E-state index in [-0.39, 0.29) is 5.91 Å². The Hall–Kier alpha value is -5.75. The molecule has 0 radical (unpaired) electrons. The highest BCUT2D eigenvalue weighted by Gasteiger charge is 2.38. The molecule has 0 aliphatic heterocycles. The van der Waals surface area contributed by atoms with Gasteiger partial charge in [0.15, 0.2) is 0 Å². The van der Waals surface area contributed by atoms with Crippen LogP contribution < -0.4 is 16.4 Å². The normalized spacial score (nSPS) is 11.1. The van der Waals surface area contributed by atoms with Gasteiger partial charge < -0.3 is 25.9 Å². The van der Waals surface area contributed by atoms with Gasteiger partial charge in [0.1, 0.15) is 23.3 Å². The number of nitrogens with zero attached hydrogens (tertiary/aromatic N) is 2. The molecule has 0 bridgehead atoms. The number of carbonyl (C=O) groups is 2. The Morgan fingerprint density at radius 1 is 0.844 bits per heavy atom. The van der Waals surface area contributed by atoms with E-state index in [1.807, 2.05) is 84.9 Å². The van der Waals surface area contributed by atoms with Crippen LogP contribution in [0.3, 0.4) is 0 Å². The number of furan rings is 1. The minimum absolute atomic E-state index is 0.162. The van der Waals surface area contributed by atoms with Crippen molar-refractivity contribution in [2.45, 2.75) is 12.6 Å². The van der Waals surface area contributed by atoms with Crippen LogP contribution in [0.15, 0.2) is 108 Å². The number of fused-ring (bicyclic) bond motifs is 3. The number of nitrogens with two attached hydrogens (primary N) is 1. The number of hydrogen-bond acceptors (Lipinski definition) is 7. The molecule has 0 atom stereocenters. The van der Waals surface area contributed by atoms with Gasteiger partial charge in [0.05, 0.1) is 5.69 Å². The lowest BCUT2D eigenvalue weighted by Gasteiger charge is -2.10. The minimum atomic E-state index is -5.08. The average Bonchev–Trinajstić information content (AvgIpc) is 3.41. The third kappa shape index (κ3) is 7.43. The molecule has 9 nitrogen and oxygen atoms in total. The molecule has 45 heavy (non-hydrogen) atoms. The second kappa shape index (κ2) is 13.3. The van der Waals surface area contributed by atoms with Crippen LogP contribution in [0.25, 0.3) is 33.2 Å². The van der Waals surface area contributed by atoms with E-state index in [0.29, 0.717) is 23.6 Å². The van der Waals surface area contributed by atoms with Gasteiger partial charge >= 0.3 is 12.1 Å². The van der Waals surface area contributed by atoms with Crippen LogP contribution in [-0.4, -0.2) is 39.7 Å². The van der Waals surface area contributed by atoms with Gasteiger partial charge in [0.25, 0.3) is 5.91 Å². The molecule has 4 aromatic carbocycles. The fraction of sp³-hybridized carbons (Fsp3) is 0.0909. The highest BCUT2D eigenvalue weighted by molar-refractivity contribution is 6.09. The van der Waals surface area contributed by atoms with Gasteiger partial charge in [-0.25, -0.2) is 14.8 Å². The van der Waals surface area contributed by atoms with Gasteiger partial charge in [-0.05, 0) is 67.1 Å². The van der Waals surface area contributed by atoms with Crippen LogP contribution in [0.2, 0.25) is 0 Å². The first kappa shape index (κ1) is 30.7. The van der Waals surface area contributed by atoms with E-state index in [0.717, 1.165) is 50.9 Å². The zero-order valence-electron chi connectivity index (χ0n) is 23.5. The molecular weight excluding hydrogens is 587 g/mol. The third-order valence-corrected chi connectivity index (χ3v) is 6.65. The third-order valence-electron chi connectivity index (χ3n) is 6.65. The predicted molar refractivity (Wildman–Crippen MR) is 165 cm³/mol. The first-order chi connectivity index (χ1) is 21.6. The number of para-hydroxylation sites is 2. The molecule has 0 aliphatic rings. The van der Waals surface area contributed by atoms with Gasteiger partial charge in [-0.1, -0.05) is 42.5 Å². The number of carboxylic acid groups (broad SMARTS) is 1. The average molecular weight is 614 g/mol. The van der Waals surface area contributed by atoms with Gasteiger partial charge in [0, 0.05) is 39.3 Å². The van der Waals surface area contributed by atoms with Crippen molar-refractivity contribution < 1.29 is 32.3 Å². The summed E-state index contributed by atoms with van der Waals surface area (Å²) in [5.74, 6) is -2.27. The van der Waals surface area contributed by atoms with E-state index < -0.39 is 12.1 Å². The fourth-order valence-corrected chi connectivity index (χ4v) is 4.50. The number of hydrogen-bond donors (Lipinski definition) is 4. The molecule has 1 amide bonds.